The lowest BCUT2D eigenvalue weighted by molar-refractivity contribution is -0.117. The van der Waals surface area contributed by atoms with E-state index in [2.05, 4.69) is 0 Å². The smallest absolute Gasteiger partial charge is 0.326 e. The molecule has 0 unspecified atom stereocenters. The molecule has 3 aromatic carbocycles. The van der Waals surface area contributed by atoms with Crippen LogP contribution in [0, 0.1) is 12.7 Å². The van der Waals surface area contributed by atoms with Gasteiger partial charge < -0.3 is 8.92 Å². The van der Waals surface area contributed by atoms with E-state index in [1.165, 1.54) is 6.07 Å². The highest BCUT2D eigenvalue weighted by Crippen LogP contribution is 2.37. The number of nitrogens with zero attached hydrogens (tertiary/aromatic N) is 1. The van der Waals surface area contributed by atoms with E-state index in [-0.39, 0.29) is 24.5 Å². The first kappa shape index (κ1) is 25.5. The summed E-state index contributed by atoms with van der Waals surface area (Å²) in [5.41, 5.74) is 1.97. The average Bonchev–Trinajstić information content (AvgIpc) is 3.05. The van der Waals surface area contributed by atoms with Gasteiger partial charge in [0.05, 0.1) is 6.26 Å². The fourth-order valence-corrected chi connectivity index (χ4v) is 5.38. The highest BCUT2D eigenvalue weighted by molar-refractivity contribution is 7.92. The van der Waals surface area contributed by atoms with Crippen molar-refractivity contribution in [3.8, 4) is 11.5 Å². The molecule has 0 bridgehead atoms. The van der Waals surface area contributed by atoms with Crippen LogP contribution in [0.25, 0.3) is 0 Å². The number of hydrogen-bond acceptors (Lipinski definition) is 7. The SMILES string of the molecule is Cc1ccc(Cc2cc(F)c(N3CC(=O)NS3(=O)=O)c(OCc3ccccc3)c2)c(OS(C)(=O)=O)c1. The van der Waals surface area contributed by atoms with E-state index in [1.54, 1.807) is 49.4 Å². The maximum Gasteiger partial charge on any atom is 0.326 e. The van der Waals surface area contributed by atoms with Gasteiger partial charge in [-0.1, -0.05) is 42.5 Å². The van der Waals surface area contributed by atoms with Gasteiger partial charge in [0.15, 0.2) is 5.82 Å². The molecule has 12 heteroatoms. The number of carbonyl (C=O) groups is 1. The highest BCUT2D eigenvalue weighted by Gasteiger charge is 2.38. The molecule has 9 nitrogen and oxygen atoms in total. The maximum absolute atomic E-state index is 15.4. The van der Waals surface area contributed by atoms with Gasteiger partial charge in [-0.2, -0.15) is 16.8 Å². The Balaban J connectivity index is 1.75. The van der Waals surface area contributed by atoms with Crippen LogP contribution in [0.4, 0.5) is 10.1 Å². The molecule has 0 aromatic heterocycles. The number of rotatable bonds is 8. The summed E-state index contributed by atoms with van der Waals surface area (Å²) >= 11 is 0. The maximum atomic E-state index is 15.4. The summed E-state index contributed by atoms with van der Waals surface area (Å²) < 4.78 is 77.2. The van der Waals surface area contributed by atoms with Crippen molar-refractivity contribution < 1.29 is 34.9 Å². The van der Waals surface area contributed by atoms with Crippen molar-refractivity contribution >= 4 is 31.9 Å². The molecule has 1 amide bonds. The van der Waals surface area contributed by atoms with Crippen molar-refractivity contribution in [2.75, 3.05) is 17.1 Å². The third-order valence-corrected chi connectivity index (χ3v) is 7.11. The molecule has 0 spiro atoms. The number of benzene rings is 3. The first-order valence-corrected chi connectivity index (χ1v) is 14.0. The van der Waals surface area contributed by atoms with Gasteiger partial charge in [-0.25, -0.2) is 13.4 Å². The van der Waals surface area contributed by atoms with Crippen LogP contribution in [0.5, 0.6) is 11.5 Å². The Morgan fingerprint density at radius 1 is 1.03 bits per heavy atom. The van der Waals surface area contributed by atoms with Gasteiger partial charge in [0.2, 0.25) is 0 Å². The first-order chi connectivity index (χ1) is 16.9. The van der Waals surface area contributed by atoms with Gasteiger partial charge in [0.1, 0.15) is 30.3 Å². The summed E-state index contributed by atoms with van der Waals surface area (Å²) in [6, 6.07) is 16.6. The molecular formula is C24H23FN2O7S2. The zero-order chi connectivity index (χ0) is 26.1. The molecule has 0 atom stereocenters. The van der Waals surface area contributed by atoms with Crippen LogP contribution in [0.2, 0.25) is 0 Å². The fraction of sp³-hybridized carbons (Fsp3) is 0.208. The number of hydrogen-bond donors (Lipinski definition) is 1. The number of ether oxygens (including phenoxy) is 1. The van der Waals surface area contributed by atoms with Gasteiger partial charge in [0, 0.05) is 12.0 Å². The lowest BCUT2D eigenvalue weighted by atomic mass is 10.0. The Hall–Kier alpha value is -3.64. The van der Waals surface area contributed by atoms with E-state index >= 15 is 4.39 Å². The zero-order valence-electron chi connectivity index (χ0n) is 19.4. The van der Waals surface area contributed by atoms with Crippen LogP contribution >= 0.6 is 0 Å². The number of nitrogens with one attached hydrogen (secondary N) is 1. The summed E-state index contributed by atoms with van der Waals surface area (Å²) in [5.74, 6) is -1.71. The summed E-state index contributed by atoms with van der Waals surface area (Å²) in [7, 11) is -8.11. The molecule has 0 aliphatic carbocycles. The minimum absolute atomic E-state index is 0.0129. The van der Waals surface area contributed by atoms with Crippen molar-refractivity contribution in [3.05, 3.63) is 88.7 Å². The first-order valence-electron chi connectivity index (χ1n) is 10.7. The Morgan fingerprint density at radius 2 is 1.75 bits per heavy atom. The van der Waals surface area contributed by atoms with Gasteiger partial charge >= 0.3 is 20.3 Å². The minimum Gasteiger partial charge on any atom is -0.487 e. The van der Waals surface area contributed by atoms with Crippen LogP contribution < -0.4 is 17.9 Å². The molecule has 1 N–H and O–H groups in total. The zero-order valence-corrected chi connectivity index (χ0v) is 21.0. The van der Waals surface area contributed by atoms with Crippen molar-refractivity contribution in [3.63, 3.8) is 0 Å². The van der Waals surface area contributed by atoms with Crippen molar-refractivity contribution in [1.82, 2.24) is 4.72 Å². The number of halogens is 1. The molecule has 1 heterocycles. The van der Waals surface area contributed by atoms with Crippen LogP contribution in [0.15, 0.2) is 60.7 Å². The molecule has 0 radical (unpaired) electrons. The van der Waals surface area contributed by atoms with Gasteiger partial charge in [0.25, 0.3) is 5.91 Å². The molecule has 1 saturated heterocycles. The summed E-state index contributed by atoms with van der Waals surface area (Å²) in [4.78, 5) is 11.8. The number of aryl methyl sites for hydroxylation is 1. The van der Waals surface area contributed by atoms with E-state index in [4.69, 9.17) is 8.92 Å². The molecular weight excluding hydrogens is 511 g/mol. The molecule has 3 aromatic rings. The third kappa shape index (κ3) is 5.94. The van der Waals surface area contributed by atoms with Crippen molar-refractivity contribution in [2.45, 2.75) is 20.0 Å². The van der Waals surface area contributed by atoms with Crippen LogP contribution in [0.3, 0.4) is 0 Å². The third-order valence-electron chi connectivity index (χ3n) is 5.25. The second-order valence-corrected chi connectivity index (χ2v) is 11.5. The van der Waals surface area contributed by atoms with Crippen LogP contribution in [-0.2, 0) is 38.1 Å². The predicted molar refractivity (Wildman–Crippen MR) is 131 cm³/mol. The Kier molecular flexibility index (Phi) is 6.92. The van der Waals surface area contributed by atoms with Crippen molar-refractivity contribution in [1.29, 1.82) is 0 Å². The summed E-state index contributed by atoms with van der Waals surface area (Å²) in [6.45, 7) is 1.19. The van der Waals surface area contributed by atoms with Crippen molar-refractivity contribution in [2.24, 2.45) is 0 Å². The molecule has 4 rings (SSSR count). The molecule has 1 aliphatic heterocycles. The minimum atomic E-state index is -4.29. The highest BCUT2D eigenvalue weighted by atomic mass is 32.2. The molecule has 36 heavy (non-hydrogen) atoms. The van der Waals surface area contributed by atoms with E-state index in [9.17, 15) is 21.6 Å². The number of amides is 1. The van der Waals surface area contributed by atoms with Crippen LogP contribution in [-0.4, -0.2) is 35.5 Å². The molecule has 1 fully saturated rings. The predicted octanol–water partition coefficient (Wildman–Crippen LogP) is 2.82. The lowest BCUT2D eigenvalue weighted by Gasteiger charge is -2.21. The average molecular weight is 535 g/mol. The van der Waals surface area contributed by atoms with Gasteiger partial charge in [-0.3, -0.25) is 4.79 Å². The largest absolute Gasteiger partial charge is 0.487 e. The van der Waals surface area contributed by atoms with Gasteiger partial charge in [-0.15, -0.1) is 0 Å². The number of anilines is 1. The summed E-state index contributed by atoms with van der Waals surface area (Å²) in [5, 5.41) is 0. The normalized spacial score (nSPS) is 15.0. The van der Waals surface area contributed by atoms with Crippen LogP contribution in [0.1, 0.15) is 22.3 Å². The van der Waals surface area contributed by atoms with E-state index in [1.807, 2.05) is 10.8 Å². The van der Waals surface area contributed by atoms with Gasteiger partial charge in [-0.05, 0) is 41.8 Å². The summed E-state index contributed by atoms with van der Waals surface area (Å²) in [6.07, 6.45) is 0.989. The molecule has 0 saturated carbocycles. The molecule has 1 aliphatic rings. The topological polar surface area (TPSA) is 119 Å². The van der Waals surface area contributed by atoms with E-state index in [0.29, 0.717) is 15.4 Å². The molecule has 190 valence electrons. The Morgan fingerprint density at radius 3 is 2.39 bits per heavy atom. The lowest BCUT2D eigenvalue weighted by Crippen LogP contribution is -2.30. The standard InChI is InChI=1S/C24H23FN2O7S2/c1-16-8-9-19(21(10-16)34-35(2,29)30)11-18-12-20(25)24(27-14-23(28)26-36(27,31)32)22(13-18)33-15-17-6-4-3-5-7-17/h3-10,12-13H,11,14-15H2,1-2H3,(H,26,28). The monoisotopic (exact) mass is 534 g/mol. The second-order valence-electron chi connectivity index (χ2n) is 8.31. The van der Waals surface area contributed by atoms with E-state index in [0.717, 1.165) is 23.4 Å². The Labute approximate surface area is 208 Å². The Bertz CT molecular complexity index is 1530. The second kappa shape index (κ2) is 9.78. The van der Waals surface area contributed by atoms with E-state index < -0.39 is 44.3 Å². The number of carbonyl (C=O) groups excluding carboxylic acids is 1. The fourth-order valence-electron chi connectivity index (χ4n) is 3.73. The quantitative estimate of drug-likeness (QED) is 0.442.